The van der Waals surface area contributed by atoms with E-state index < -0.39 is 7.14 Å². The molecule has 0 spiro atoms. The molecule has 0 saturated heterocycles. The van der Waals surface area contributed by atoms with Gasteiger partial charge in [-0.15, -0.1) is 0 Å². The molecule has 0 aromatic heterocycles. The molecule has 0 N–H and O–H groups in total. The van der Waals surface area contributed by atoms with Gasteiger partial charge < -0.3 is 4.57 Å². The number of rotatable bonds is 6. The van der Waals surface area contributed by atoms with Gasteiger partial charge in [0.25, 0.3) is 0 Å². The van der Waals surface area contributed by atoms with Crippen LogP contribution >= 0.6 is 7.14 Å². The maximum absolute atomic E-state index is 15.2. The van der Waals surface area contributed by atoms with Crippen molar-refractivity contribution in [2.45, 2.75) is 0 Å². The van der Waals surface area contributed by atoms with Crippen molar-refractivity contribution in [2.24, 2.45) is 0 Å². The third kappa shape index (κ3) is 5.66. The van der Waals surface area contributed by atoms with Crippen molar-refractivity contribution in [2.75, 3.05) is 0 Å². The highest BCUT2D eigenvalue weighted by Crippen LogP contribution is 2.46. The smallest absolute Gasteiger partial charge is 0.171 e. The average molecular weight is 757 g/mol. The molecule has 11 aromatic carbocycles. The Morgan fingerprint density at radius 1 is 0.241 bits per heavy atom. The molecule has 0 aliphatic heterocycles. The van der Waals surface area contributed by atoms with Crippen molar-refractivity contribution in [3.8, 4) is 33.4 Å². The van der Waals surface area contributed by atoms with E-state index in [4.69, 9.17) is 0 Å². The van der Waals surface area contributed by atoms with Gasteiger partial charge in [-0.25, -0.2) is 0 Å². The fourth-order valence-electron chi connectivity index (χ4n) is 9.00. The summed E-state index contributed by atoms with van der Waals surface area (Å²) in [6.45, 7) is 0. The molecule has 0 aliphatic rings. The third-order valence-corrected chi connectivity index (χ3v) is 14.9. The zero-order valence-corrected chi connectivity index (χ0v) is 32.6. The van der Waals surface area contributed by atoms with Gasteiger partial charge in [0.1, 0.15) is 0 Å². The summed E-state index contributed by atoms with van der Waals surface area (Å²) in [6.07, 6.45) is 0. The molecule has 0 saturated carbocycles. The quantitative estimate of drug-likeness (QED) is 0.122. The van der Waals surface area contributed by atoms with E-state index in [0.717, 1.165) is 37.8 Å². The molecular weight excluding hydrogens is 720 g/mol. The highest BCUT2D eigenvalue weighted by Gasteiger charge is 2.29. The van der Waals surface area contributed by atoms with Crippen LogP contribution in [0, 0.1) is 0 Å². The molecule has 0 heterocycles. The first-order chi connectivity index (χ1) is 28.6. The second-order valence-corrected chi connectivity index (χ2v) is 18.0. The first kappa shape index (κ1) is 34.2. The summed E-state index contributed by atoms with van der Waals surface area (Å²) in [5.41, 5.74) is 7.20. The molecule has 0 unspecified atom stereocenters. The van der Waals surface area contributed by atoms with E-state index in [9.17, 15) is 0 Å². The fourth-order valence-corrected chi connectivity index (χ4v) is 11.7. The minimum absolute atomic E-state index is 0.837. The van der Waals surface area contributed by atoms with Crippen molar-refractivity contribution in [3.05, 3.63) is 224 Å². The van der Waals surface area contributed by atoms with Gasteiger partial charge in [0.15, 0.2) is 7.14 Å². The van der Waals surface area contributed by atoms with Gasteiger partial charge >= 0.3 is 0 Å². The Balaban J connectivity index is 1.11. The van der Waals surface area contributed by atoms with Crippen LogP contribution in [0.15, 0.2) is 224 Å². The molecule has 1 nitrogen and oxygen atoms in total. The lowest BCUT2D eigenvalue weighted by Gasteiger charge is -2.20. The lowest BCUT2D eigenvalue weighted by Crippen LogP contribution is -2.24. The minimum atomic E-state index is -3.09. The van der Waals surface area contributed by atoms with E-state index >= 15 is 4.57 Å². The molecule has 11 aromatic rings. The normalized spacial score (nSPS) is 11.9. The maximum atomic E-state index is 15.2. The predicted octanol–water partition coefficient (Wildman–Crippen LogP) is 14.1. The molecule has 11 rings (SSSR count). The monoisotopic (exact) mass is 756 g/mol. The van der Waals surface area contributed by atoms with E-state index in [0.29, 0.717) is 0 Å². The molecule has 0 aliphatic carbocycles. The topological polar surface area (TPSA) is 17.1 Å². The summed E-state index contributed by atoms with van der Waals surface area (Å²) in [7, 11) is -3.09. The molecule has 0 radical (unpaired) electrons. The van der Waals surface area contributed by atoms with Gasteiger partial charge in [-0.3, -0.25) is 0 Å². The van der Waals surface area contributed by atoms with Crippen molar-refractivity contribution in [3.63, 3.8) is 0 Å². The molecule has 58 heavy (non-hydrogen) atoms. The summed E-state index contributed by atoms with van der Waals surface area (Å²) < 4.78 is 15.2. The predicted molar refractivity (Wildman–Crippen MR) is 250 cm³/mol. The highest BCUT2D eigenvalue weighted by molar-refractivity contribution is 7.85. The molecule has 2 heteroatoms. The van der Waals surface area contributed by atoms with Crippen LogP contribution < -0.4 is 15.9 Å². The fraction of sp³-hybridized carbons (Fsp3) is 0. The zero-order valence-electron chi connectivity index (χ0n) is 31.7. The van der Waals surface area contributed by atoms with E-state index in [1.165, 1.54) is 65.3 Å². The first-order valence-electron chi connectivity index (χ1n) is 19.8. The summed E-state index contributed by atoms with van der Waals surface area (Å²) in [6, 6.07) is 79.6. The minimum Gasteiger partial charge on any atom is -0.309 e. The number of hydrogen-bond donors (Lipinski definition) is 0. The Hall–Kier alpha value is -7.05. The summed E-state index contributed by atoms with van der Waals surface area (Å²) in [5.74, 6) is 0. The van der Waals surface area contributed by atoms with E-state index in [-0.39, 0.29) is 0 Å². The van der Waals surface area contributed by atoms with Crippen LogP contribution in [0.5, 0.6) is 0 Å². The number of benzene rings is 11. The van der Waals surface area contributed by atoms with Gasteiger partial charge in [-0.05, 0) is 118 Å². The van der Waals surface area contributed by atoms with E-state index in [1.54, 1.807) is 0 Å². The van der Waals surface area contributed by atoms with Crippen molar-refractivity contribution in [1.29, 1.82) is 0 Å². The van der Waals surface area contributed by atoms with Crippen LogP contribution in [0.1, 0.15) is 0 Å². The Kier molecular flexibility index (Phi) is 8.17. The SMILES string of the molecule is O=P(c1ccccc1)(c1ccccc1)c1ccc2cc(-c3ccc4c(-c5ccc6ccccc6c5)c5ccccc5c(-c5ccc6ccccc6c5)c4c3)ccc2c1. The maximum Gasteiger partial charge on any atom is 0.171 e. The molecule has 0 fully saturated rings. The van der Waals surface area contributed by atoms with Gasteiger partial charge in [-0.2, -0.15) is 0 Å². The van der Waals surface area contributed by atoms with Crippen LogP contribution in [0.2, 0.25) is 0 Å². The van der Waals surface area contributed by atoms with Crippen molar-refractivity contribution in [1.82, 2.24) is 0 Å². The molecule has 0 bridgehead atoms. The summed E-state index contributed by atoms with van der Waals surface area (Å²) in [4.78, 5) is 0. The van der Waals surface area contributed by atoms with E-state index in [1.807, 2.05) is 60.7 Å². The largest absolute Gasteiger partial charge is 0.309 e. The van der Waals surface area contributed by atoms with Crippen LogP contribution in [0.4, 0.5) is 0 Å². The molecule has 0 amide bonds. The third-order valence-electron chi connectivity index (χ3n) is 11.9. The Morgan fingerprint density at radius 3 is 1.22 bits per heavy atom. The Bertz CT molecular complexity index is 3380. The summed E-state index contributed by atoms with van der Waals surface area (Å²) in [5, 5.41) is 14.5. The molecule has 272 valence electrons. The lowest BCUT2D eigenvalue weighted by atomic mass is 9.84. The van der Waals surface area contributed by atoms with Crippen LogP contribution in [0.3, 0.4) is 0 Å². The number of hydrogen-bond acceptors (Lipinski definition) is 1. The van der Waals surface area contributed by atoms with Crippen LogP contribution in [-0.4, -0.2) is 0 Å². The Labute approximate surface area is 337 Å². The first-order valence-corrected chi connectivity index (χ1v) is 21.6. The van der Waals surface area contributed by atoms with E-state index in [2.05, 4.69) is 164 Å². The van der Waals surface area contributed by atoms with Crippen molar-refractivity contribution >= 4 is 76.9 Å². The standard InChI is InChI=1S/C56H37OP/c57-58(48-17-3-1-4-18-48,49-19-5-2-6-20-49)50-31-29-43-33-42(25-26-44(43)36-50)45-30-32-53-54(37-45)56(47-28-24-39-14-8-10-16-41(39)35-47)52-22-12-11-21-51(52)55(53)46-27-23-38-13-7-9-15-40(38)34-46/h1-37H. The van der Waals surface area contributed by atoms with Gasteiger partial charge in [0.05, 0.1) is 0 Å². The second kappa shape index (κ2) is 13.9. The second-order valence-electron chi connectivity index (χ2n) is 15.2. The van der Waals surface area contributed by atoms with Gasteiger partial charge in [0, 0.05) is 15.9 Å². The number of fused-ring (bicyclic) bond motifs is 5. The van der Waals surface area contributed by atoms with Gasteiger partial charge in [0.2, 0.25) is 0 Å². The molecule has 0 atom stereocenters. The highest BCUT2D eigenvalue weighted by atomic mass is 31.2. The zero-order chi connectivity index (χ0) is 38.6. The van der Waals surface area contributed by atoms with Gasteiger partial charge in [-0.1, -0.05) is 194 Å². The Morgan fingerprint density at radius 2 is 0.621 bits per heavy atom. The lowest BCUT2D eigenvalue weighted by molar-refractivity contribution is 0.592. The van der Waals surface area contributed by atoms with Crippen molar-refractivity contribution < 1.29 is 4.57 Å². The summed E-state index contributed by atoms with van der Waals surface area (Å²) >= 11 is 0. The van der Waals surface area contributed by atoms with Crippen LogP contribution in [-0.2, 0) is 4.57 Å². The van der Waals surface area contributed by atoms with Crippen LogP contribution in [0.25, 0.3) is 87.2 Å². The average Bonchev–Trinajstić information content (AvgIpc) is 3.30. The molecular formula is C56H37OP.